The molecule has 0 bridgehead atoms. The van der Waals surface area contributed by atoms with Crippen molar-refractivity contribution in [2.45, 2.75) is 18.0 Å². The molecule has 0 fully saturated rings. The topological polar surface area (TPSA) is 30.7 Å². The molecule has 0 atom stereocenters. The predicted molar refractivity (Wildman–Crippen MR) is 83.3 cm³/mol. The van der Waals surface area contributed by atoms with Gasteiger partial charge in [0.15, 0.2) is 9.11 Å². The molecule has 0 saturated heterocycles. The lowest BCUT2D eigenvalue weighted by atomic mass is 10.3. The van der Waals surface area contributed by atoms with Crippen LogP contribution in [0, 0.1) is 10.9 Å². The highest BCUT2D eigenvalue weighted by Gasteiger charge is 2.05. The molecule has 6 heteroatoms. The average molecular weight is 305 g/mol. The van der Waals surface area contributed by atoms with Crippen LogP contribution in [0.15, 0.2) is 41.7 Å². The van der Waals surface area contributed by atoms with Crippen molar-refractivity contribution in [3.63, 3.8) is 0 Å². The van der Waals surface area contributed by atoms with E-state index in [2.05, 4.69) is 26.7 Å². The zero-order chi connectivity index (χ0) is 13.2. The summed E-state index contributed by atoms with van der Waals surface area (Å²) in [6.45, 7) is 1.97. The zero-order valence-electron chi connectivity index (χ0n) is 10.2. The van der Waals surface area contributed by atoms with Gasteiger partial charge in [-0.3, -0.25) is 0 Å². The zero-order valence-corrected chi connectivity index (χ0v) is 12.7. The van der Waals surface area contributed by atoms with Crippen LogP contribution in [0.3, 0.4) is 0 Å². The van der Waals surface area contributed by atoms with Crippen molar-refractivity contribution in [3.05, 3.63) is 46.2 Å². The fourth-order valence-corrected chi connectivity index (χ4v) is 4.10. The number of para-hydroxylation sites is 1. The van der Waals surface area contributed by atoms with Crippen molar-refractivity contribution in [3.8, 4) is 0 Å². The van der Waals surface area contributed by atoms with Crippen LogP contribution in [0.5, 0.6) is 0 Å². The number of thioether (sulfide) groups is 1. The predicted octanol–water partition coefficient (Wildman–Crippen LogP) is 4.28. The third-order valence-corrected chi connectivity index (χ3v) is 4.94. The van der Waals surface area contributed by atoms with Crippen molar-refractivity contribution >= 4 is 45.5 Å². The molecule has 0 spiro atoms. The minimum atomic E-state index is 0.742. The van der Waals surface area contributed by atoms with Crippen molar-refractivity contribution in [2.24, 2.45) is 0 Å². The highest BCUT2D eigenvalue weighted by atomic mass is 32.2. The maximum Gasteiger partial charge on any atom is 0.189 e. The third kappa shape index (κ3) is 2.70. The van der Waals surface area contributed by atoms with Crippen molar-refractivity contribution in [1.29, 1.82) is 0 Å². The van der Waals surface area contributed by atoms with E-state index in [4.69, 9.17) is 12.2 Å². The van der Waals surface area contributed by atoms with E-state index in [1.54, 1.807) is 29.3 Å². The van der Waals surface area contributed by atoms with Crippen LogP contribution in [0.2, 0.25) is 0 Å². The molecule has 0 saturated carbocycles. The number of fused-ring (bicyclic) bond motifs is 1. The van der Waals surface area contributed by atoms with Gasteiger partial charge in [0.1, 0.15) is 0 Å². The van der Waals surface area contributed by atoms with Crippen LogP contribution in [0.1, 0.15) is 5.69 Å². The van der Waals surface area contributed by atoms with Gasteiger partial charge in [-0.1, -0.05) is 23.9 Å². The van der Waals surface area contributed by atoms with Crippen molar-refractivity contribution in [2.75, 3.05) is 0 Å². The molecule has 0 aliphatic carbocycles. The molecule has 19 heavy (non-hydrogen) atoms. The largest absolute Gasteiger partial charge is 0.313 e. The lowest BCUT2D eigenvalue weighted by Crippen LogP contribution is -1.96. The summed E-state index contributed by atoms with van der Waals surface area (Å²) in [6, 6.07) is 10.2. The van der Waals surface area contributed by atoms with Gasteiger partial charge in [-0.25, -0.2) is 9.97 Å². The normalized spacial score (nSPS) is 11.0. The summed E-state index contributed by atoms with van der Waals surface area (Å²) < 4.78 is 4.24. The molecule has 2 heterocycles. The maximum absolute atomic E-state index is 5.42. The summed E-state index contributed by atoms with van der Waals surface area (Å²) in [6.07, 6.45) is 1.79. The van der Waals surface area contributed by atoms with Gasteiger partial charge in [-0.15, -0.1) is 11.3 Å². The molecule has 96 valence electrons. The Bertz CT molecular complexity index is 776. The van der Waals surface area contributed by atoms with E-state index in [1.165, 1.54) is 10.2 Å². The van der Waals surface area contributed by atoms with Crippen LogP contribution in [0.25, 0.3) is 10.2 Å². The third-order valence-electron chi connectivity index (χ3n) is 2.67. The Morgan fingerprint density at radius 2 is 2.16 bits per heavy atom. The summed E-state index contributed by atoms with van der Waals surface area (Å²) in [5.41, 5.74) is 2.16. The van der Waals surface area contributed by atoms with Gasteiger partial charge in [0, 0.05) is 11.9 Å². The summed E-state index contributed by atoms with van der Waals surface area (Å²) in [4.78, 5) is 8.65. The molecule has 0 aliphatic rings. The van der Waals surface area contributed by atoms with Crippen LogP contribution in [-0.4, -0.2) is 14.5 Å². The first kappa shape index (κ1) is 12.8. The van der Waals surface area contributed by atoms with Crippen molar-refractivity contribution in [1.82, 2.24) is 14.5 Å². The van der Waals surface area contributed by atoms with Gasteiger partial charge in [-0.2, -0.15) is 0 Å². The van der Waals surface area contributed by atoms with Crippen LogP contribution in [0.4, 0.5) is 0 Å². The number of aryl methyl sites for hydroxylation is 1. The number of thiazole rings is 1. The number of aromatic nitrogens is 3. The van der Waals surface area contributed by atoms with E-state index in [1.807, 2.05) is 25.1 Å². The van der Waals surface area contributed by atoms with E-state index < -0.39 is 0 Å². The van der Waals surface area contributed by atoms with Crippen molar-refractivity contribution < 1.29 is 0 Å². The molecular weight excluding hydrogens is 294 g/mol. The molecule has 3 rings (SSSR count). The van der Waals surface area contributed by atoms with E-state index in [0.717, 1.165) is 20.7 Å². The Labute approximate surface area is 124 Å². The highest BCUT2D eigenvalue weighted by molar-refractivity contribution is 7.98. The summed E-state index contributed by atoms with van der Waals surface area (Å²) in [5.74, 6) is 0.742. The first-order valence-corrected chi connectivity index (χ1v) is 7.96. The van der Waals surface area contributed by atoms with Gasteiger partial charge < -0.3 is 4.57 Å². The number of hydrogen-bond acceptors (Lipinski definition) is 5. The molecule has 3 nitrogen and oxygen atoms in total. The van der Waals surface area contributed by atoms with Gasteiger partial charge >= 0.3 is 0 Å². The Morgan fingerprint density at radius 1 is 1.32 bits per heavy atom. The second-order valence-corrected chi connectivity index (χ2v) is 6.61. The average Bonchev–Trinajstić information content (AvgIpc) is 2.72. The second-order valence-electron chi connectivity index (χ2n) is 4.02. The Hall–Kier alpha value is -1.24. The SMILES string of the molecule is Cc1ccnc(SCn2c(=S)sc3ccccc32)n1. The van der Waals surface area contributed by atoms with Crippen LogP contribution >= 0.6 is 35.3 Å². The first-order valence-electron chi connectivity index (χ1n) is 5.75. The van der Waals surface area contributed by atoms with E-state index in [0.29, 0.717) is 0 Å². The van der Waals surface area contributed by atoms with E-state index >= 15 is 0 Å². The fourth-order valence-electron chi connectivity index (χ4n) is 1.75. The highest BCUT2D eigenvalue weighted by Crippen LogP contribution is 2.26. The minimum Gasteiger partial charge on any atom is -0.313 e. The second kappa shape index (κ2) is 5.40. The number of rotatable bonds is 3. The molecule has 0 unspecified atom stereocenters. The molecule has 0 N–H and O–H groups in total. The summed E-state index contributed by atoms with van der Waals surface area (Å²) in [7, 11) is 0. The molecule has 0 amide bonds. The minimum absolute atomic E-state index is 0.742. The lowest BCUT2D eigenvalue weighted by molar-refractivity contribution is 0.896. The fraction of sp³-hybridized carbons (Fsp3) is 0.154. The molecule has 2 aromatic heterocycles. The Morgan fingerprint density at radius 3 is 3.00 bits per heavy atom. The molecule has 0 radical (unpaired) electrons. The van der Waals surface area contributed by atoms with Crippen LogP contribution in [-0.2, 0) is 5.88 Å². The first-order chi connectivity index (χ1) is 9.24. The Kier molecular flexibility index (Phi) is 3.63. The van der Waals surface area contributed by atoms with E-state index in [-0.39, 0.29) is 0 Å². The number of hydrogen-bond donors (Lipinski definition) is 0. The standard InChI is InChI=1S/C13H11N3S3/c1-9-6-7-14-12(15-9)18-8-16-10-4-2-3-5-11(10)19-13(16)17/h2-7H,8H2,1H3. The van der Waals surface area contributed by atoms with Gasteiger partial charge in [-0.05, 0) is 37.3 Å². The summed E-state index contributed by atoms with van der Waals surface area (Å²) >= 11 is 8.66. The maximum atomic E-state index is 5.42. The molecule has 0 aliphatic heterocycles. The van der Waals surface area contributed by atoms with E-state index in [9.17, 15) is 0 Å². The smallest absolute Gasteiger partial charge is 0.189 e. The number of nitrogens with zero attached hydrogens (tertiary/aromatic N) is 3. The molecular formula is C13H11N3S3. The molecule has 3 aromatic rings. The Balaban J connectivity index is 1.90. The van der Waals surface area contributed by atoms with Gasteiger partial charge in [0.2, 0.25) is 0 Å². The molecule has 1 aromatic carbocycles. The monoisotopic (exact) mass is 305 g/mol. The van der Waals surface area contributed by atoms with Gasteiger partial charge in [0.05, 0.1) is 16.1 Å². The summed E-state index contributed by atoms with van der Waals surface area (Å²) in [5, 5.41) is 0.789. The number of benzene rings is 1. The lowest BCUT2D eigenvalue weighted by Gasteiger charge is -2.04. The quantitative estimate of drug-likeness (QED) is 0.410. The van der Waals surface area contributed by atoms with Crippen LogP contribution < -0.4 is 0 Å². The van der Waals surface area contributed by atoms with Gasteiger partial charge in [0.25, 0.3) is 0 Å².